The van der Waals surface area contributed by atoms with Gasteiger partial charge in [0.25, 0.3) is 0 Å². The second-order valence-corrected chi connectivity index (χ2v) is 3.85. The van der Waals surface area contributed by atoms with Crippen LogP contribution in [0.5, 0.6) is 0 Å². The van der Waals surface area contributed by atoms with Gasteiger partial charge in [-0.3, -0.25) is 0 Å². The summed E-state index contributed by atoms with van der Waals surface area (Å²) in [6.07, 6.45) is -1.83. The summed E-state index contributed by atoms with van der Waals surface area (Å²) in [7, 11) is 0. The first-order valence-corrected chi connectivity index (χ1v) is 5.25. The molecule has 94 valence electrons. The van der Waals surface area contributed by atoms with Crippen LogP contribution in [0.15, 0.2) is 0 Å². The molecule has 1 rings (SSSR count). The van der Waals surface area contributed by atoms with Crippen molar-refractivity contribution in [3.63, 3.8) is 0 Å². The van der Waals surface area contributed by atoms with E-state index in [1.165, 1.54) is 4.90 Å². The number of carbonyl (C=O) groups is 1. The first-order chi connectivity index (χ1) is 7.44. The van der Waals surface area contributed by atoms with E-state index in [4.69, 9.17) is 5.73 Å². The van der Waals surface area contributed by atoms with Crippen LogP contribution in [0, 0.1) is 0 Å². The third kappa shape index (κ3) is 3.88. The van der Waals surface area contributed by atoms with Crippen molar-refractivity contribution in [2.45, 2.75) is 31.5 Å². The van der Waals surface area contributed by atoms with Crippen molar-refractivity contribution < 1.29 is 18.0 Å². The van der Waals surface area contributed by atoms with Crippen molar-refractivity contribution in [3.8, 4) is 0 Å². The fourth-order valence-electron chi connectivity index (χ4n) is 1.79. The highest BCUT2D eigenvalue weighted by atomic mass is 19.4. The number of hydrogen-bond acceptors (Lipinski definition) is 2. The fraction of sp³-hybridized carbons (Fsp3) is 0.889. The molecule has 3 N–H and O–H groups in total. The van der Waals surface area contributed by atoms with E-state index in [0.717, 1.165) is 19.3 Å². The highest BCUT2D eigenvalue weighted by Gasteiger charge is 2.31. The molecular weight excluding hydrogens is 223 g/mol. The molecule has 16 heavy (non-hydrogen) atoms. The number of alkyl halides is 3. The summed E-state index contributed by atoms with van der Waals surface area (Å²) in [4.78, 5) is 12.9. The minimum Gasteiger partial charge on any atom is -0.329 e. The van der Waals surface area contributed by atoms with E-state index in [1.54, 1.807) is 0 Å². The lowest BCUT2D eigenvalue weighted by atomic mass is 10.0. The van der Waals surface area contributed by atoms with Gasteiger partial charge in [0.05, 0.1) is 0 Å². The Balaban J connectivity index is 2.45. The molecule has 0 saturated carbocycles. The quantitative estimate of drug-likeness (QED) is 0.757. The summed E-state index contributed by atoms with van der Waals surface area (Å²) in [6.45, 7) is -0.523. The molecule has 1 fully saturated rings. The van der Waals surface area contributed by atoms with E-state index in [2.05, 4.69) is 0 Å². The van der Waals surface area contributed by atoms with E-state index >= 15 is 0 Å². The van der Waals surface area contributed by atoms with Gasteiger partial charge in [0, 0.05) is 19.1 Å². The largest absolute Gasteiger partial charge is 0.405 e. The number of piperidine rings is 1. The minimum atomic E-state index is -4.37. The van der Waals surface area contributed by atoms with Crippen LogP contribution in [0.3, 0.4) is 0 Å². The van der Waals surface area contributed by atoms with Crippen molar-refractivity contribution in [2.24, 2.45) is 5.73 Å². The van der Waals surface area contributed by atoms with E-state index in [9.17, 15) is 18.0 Å². The summed E-state index contributed by atoms with van der Waals surface area (Å²) in [5, 5.41) is 1.86. The van der Waals surface area contributed by atoms with Crippen molar-refractivity contribution in [2.75, 3.05) is 19.6 Å². The third-order valence-electron chi connectivity index (χ3n) is 2.60. The Bertz CT molecular complexity index is 245. The predicted molar refractivity (Wildman–Crippen MR) is 52.9 cm³/mol. The number of urea groups is 1. The van der Waals surface area contributed by atoms with Gasteiger partial charge in [0.15, 0.2) is 0 Å². The van der Waals surface area contributed by atoms with Gasteiger partial charge in [-0.25, -0.2) is 4.79 Å². The number of carbonyl (C=O) groups excluding carboxylic acids is 1. The Morgan fingerprint density at radius 3 is 2.69 bits per heavy atom. The standard InChI is InChI=1S/C9H16F3N3O/c10-9(11,12)6-14-8(16)15-4-2-1-3-7(15)5-13/h7H,1-6,13H2,(H,14,16). The molecule has 1 unspecified atom stereocenters. The first-order valence-electron chi connectivity index (χ1n) is 5.25. The molecule has 7 heteroatoms. The molecule has 1 aliphatic heterocycles. The molecule has 0 radical (unpaired) electrons. The summed E-state index contributed by atoms with van der Waals surface area (Å²) in [5.41, 5.74) is 5.47. The molecule has 1 atom stereocenters. The summed E-state index contributed by atoms with van der Waals surface area (Å²) < 4.78 is 35.7. The van der Waals surface area contributed by atoms with Crippen LogP contribution >= 0.6 is 0 Å². The highest BCUT2D eigenvalue weighted by Crippen LogP contribution is 2.17. The molecule has 0 aromatic carbocycles. The van der Waals surface area contributed by atoms with Gasteiger partial charge in [-0.05, 0) is 19.3 Å². The molecular formula is C9H16F3N3O. The van der Waals surface area contributed by atoms with E-state index < -0.39 is 18.8 Å². The Kier molecular flexibility index (Phi) is 4.40. The molecule has 1 aliphatic rings. The third-order valence-corrected chi connectivity index (χ3v) is 2.60. The van der Waals surface area contributed by atoms with Crippen molar-refractivity contribution in [1.82, 2.24) is 10.2 Å². The Hall–Kier alpha value is -0.980. The van der Waals surface area contributed by atoms with Gasteiger partial charge in [-0.15, -0.1) is 0 Å². The van der Waals surface area contributed by atoms with Gasteiger partial charge >= 0.3 is 12.2 Å². The number of halogens is 3. The first kappa shape index (κ1) is 13.1. The van der Waals surface area contributed by atoms with Gasteiger partial charge in [0.1, 0.15) is 6.54 Å². The van der Waals surface area contributed by atoms with Crippen LogP contribution in [-0.2, 0) is 0 Å². The molecule has 0 aliphatic carbocycles. The maximum absolute atomic E-state index is 11.9. The smallest absolute Gasteiger partial charge is 0.329 e. The van der Waals surface area contributed by atoms with Crippen LogP contribution in [-0.4, -0.2) is 42.8 Å². The Morgan fingerprint density at radius 1 is 1.44 bits per heavy atom. The SMILES string of the molecule is NCC1CCCCN1C(=O)NCC(F)(F)F. The summed E-state index contributed by atoms with van der Waals surface area (Å²) in [5.74, 6) is 0. The van der Waals surface area contributed by atoms with Gasteiger partial charge in [-0.2, -0.15) is 13.2 Å². The summed E-state index contributed by atoms with van der Waals surface area (Å²) in [6, 6.07) is -0.811. The van der Waals surface area contributed by atoms with E-state index in [0.29, 0.717) is 13.1 Å². The van der Waals surface area contributed by atoms with Crippen LogP contribution in [0.2, 0.25) is 0 Å². The number of hydrogen-bond donors (Lipinski definition) is 2. The lowest BCUT2D eigenvalue weighted by molar-refractivity contribution is -0.123. The van der Waals surface area contributed by atoms with Crippen LogP contribution in [0.25, 0.3) is 0 Å². The van der Waals surface area contributed by atoms with Gasteiger partial charge in [0.2, 0.25) is 0 Å². The van der Waals surface area contributed by atoms with Crippen molar-refractivity contribution >= 4 is 6.03 Å². The van der Waals surface area contributed by atoms with Crippen molar-refractivity contribution in [3.05, 3.63) is 0 Å². The van der Waals surface area contributed by atoms with Crippen LogP contribution < -0.4 is 11.1 Å². The molecule has 0 aromatic heterocycles. The molecule has 2 amide bonds. The van der Waals surface area contributed by atoms with Gasteiger partial charge in [-0.1, -0.05) is 0 Å². The summed E-state index contributed by atoms with van der Waals surface area (Å²) >= 11 is 0. The normalized spacial score (nSPS) is 22.0. The Morgan fingerprint density at radius 2 is 2.12 bits per heavy atom. The number of likely N-dealkylation sites (tertiary alicyclic amines) is 1. The van der Waals surface area contributed by atoms with E-state index in [-0.39, 0.29) is 6.04 Å². The van der Waals surface area contributed by atoms with Crippen molar-refractivity contribution in [1.29, 1.82) is 0 Å². The number of nitrogens with zero attached hydrogens (tertiary/aromatic N) is 1. The Labute approximate surface area is 92.0 Å². The topological polar surface area (TPSA) is 58.4 Å². The molecule has 4 nitrogen and oxygen atoms in total. The molecule has 0 bridgehead atoms. The number of amides is 2. The zero-order valence-electron chi connectivity index (χ0n) is 8.89. The number of nitrogens with two attached hydrogens (primary N) is 1. The average Bonchev–Trinajstić information content (AvgIpc) is 2.25. The highest BCUT2D eigenvalue weighted by molar-refractivity contribution is 5.74. The molecule has 0 spiro atoms. The zero-order chi connectivity index (χ0) is 12.2. The number of nitrogens with one attached hydrogen (secondary N) is 1. The average molecular weight is 239 g/mol. The van der Waals surface area contributed by atoms with Crippen LogP contribution in [0.1, 0.15) is 19.3 Å². The second-order valence-electron chi connectivity index (χ2n) is 3.85. The maximum atomic E-state index is 11.9. The lowest BCUT2D eigenvalue weighted by Crippen LogP contribution is -2.52. The fourth-order valence-corrected chi connectivity index (χ4v) is 1.79. The molecule has 1 heterocycles. The predicted octanol–water partition coefficient (Wildman–Crippen LogP) is 1.07. The molecule has 1 saturated heterocycles. The van der Waals surface area contributed by atoms with E-state index in [1.807, 2.05) is 5.32 Å². The lowest BCUT2D eigenvalue weighted by Gasteiger charge is -2.35. The molecule has 0 aromatic rings. The minimum absolute atomic E-state index is 0.137. The van der Waals surface area contributed by atoms with Gasteiger partial charge < -0.3 is 16.0 Å². The second kappa shape index (κ2) is 5.38. The zero-order valence-corrected chi connectivity index (χ0v) is 8.89. The maximum Gasteiger partial charge on any atom is 0.405 e. The number of rotatable bonds is 2. The monoisotopic (exact) mass is 239 g/mol. The van der Waals surface area contributed by atoms with Crippen LogP contribution in [0.4, 0.5) is 18.0 Å².